The number of hydrogen-bond donors (Lipinski definition) is 1. The van der Waals surface area contributed by atoms with E-state index < -0.39 is 0 Å². The zero-order valence-corrected chi connectivity index (χ0v) is 14.9. The lowest BCUT2D eigenvalue weighted by Crippen LogP contribution is -2.37. The molecule has 1 fully saturated rings. The van der Waals surface area contributed by atoms with Gasteiger partial charge in [-0.1, -0.05) is 30.3 Å². The Morgan fingerprint density at radius 1 is 1.00 bits per heavy atom. The Bertz CT molecular complexity index is 700. The van der Waals surface area contributed by atoms with Crippen molar-refractivity contribution < 1.29 is 14.0 Å². The molecule has 1 aromatic carbocycles. The van der Waals surface area contributed by atoms with Crippen molar-refractivity contribution in [3.8, 4) is 0 Å². The van der Waals surface area contributed by atoms with Gasteiger partial charge in [0.2, 0.25) is 5.91 Å². The lowest BCUT2D eigenvalue weighted by atomic mass is 10.2. The largest absolute Gasteiger partial charge is 0.459 e. The number of carbonyl (C=O) groups excluding carboxylic acids is 2. The molecule has 1 N–H and O–H groups in total. The maximum atomic E-state index is 12.4. The lowest BCUT2D eigenvalue weighted by Gasteiger charge is -2.22. The molecule has 0 atom stereocenters. The van der Waals surface area contributed by atoms with Crippen LogP contribution in [0, 0.1) is 0 Å². The maximum Gasteiger partial charge on any atom is 0.286 e. The van der Waals surface area contributed by atoms with Gasteiger partial charge in [0.15, 0.2) is 5.76 Å². The smallest absolute Gasteiger partial charge is 0.286 e. The molecule has 6 nitrogen and oxygen atoms in total. The summed E-state index contributed by atoms with van der Waals surface area (Å²) in [5, 5.41) is 2.72. The van der Waals surface area contributed by atoms with Gasteiger partial charge in [-0.05, 0) is 24.1 Å². The molecule has 0 unspecified atom stereocenters. The fraction of sp³-hybridized carbons (Fsp3) is 0.400. The molecular formula is C20H25N3O3. The van der Waals surface area contributed by atoms with Crippen LogP contribution in [0.2, 0.25) is 0 Å². The number of nitrogens with zero attached hydrogens (tertiary/aromatic N) is 2. The van der Waals surface area contributed by atoms with Crippen LogP contribution in [0.15, 0.2) is 53.1 Å². The van der Waals surface area contributed by atoms with E-state index >= 15 is 0 Å². The van der Waals surface area contributed by atoms with E-state index in [2.05, 4.69) is 34.5 Å². The molecule has 1 saturated heterocycles. The number of furan rings is 1. The average Bonchev–Trinajstić information content (AvgIpc) is 3.10. The summed E-state index contributed by atoms with van der Waals surface area (Å²) in [6.45, 7) is 4.62. The van der Waals surface area contributed by atoms with Gasteiger partial charge < -0.3 is 14.6 Å². The van der Waals surface area contributed by atoms with Crippen molar-refractivity contribution in [1.29, 1.82) is 0 Å². The topological polar surface area (TPSA) is 65.8 Å². The molecule has 1 aromatic heterocycles. The predicted octanol–water partition coefficient (Wildman–Crippen LogP) is 2.13. The van der Waals surface area contributed by atoms with E-state index in [9.17, 15) is 9.59 Å². The third kappa shape index (κ3) is 5.20. The van der Waals surface area contributed by atoms with E-state index in [0.717, 1.165) is 39.1 Å². The van der Waals surface area contributed by atoms with Crippen molar-refractivity contribution in [2.75, 3.05) is 32.7 Å². The highest BCUT2D eigenvalue weighted by Gasteiger charge is 2.19. The summed E-state index contributed by atoms with van der Waals surface area (Å²) in [7, 11) is 0. The fourth-order valence-corrected chi connectivity index (χ4v) is 3.16. The molecule has 1 aliphatic heterocycles. The summed E-state index contributed by atoms with van der Waals surface area (Å²) in [6, 6.07) is 13.7. The quantitative estimate of drug-likeness (QED) is 0.862. The SMILES string of the molecule is O=C(NCCC(=O)N1CCCN(Cc2ccccc2)CC1)c1ccco1. The van der Waals surface area contributed by atoms with Gasteiger partial charge in [0.1, 0.15) is 0 Å². The molecule has 2 heterocycles. The Morgan fingerprint density at radius 2 is 1.85 bits per heavy atom. The molecule has 0 saturated carbocycles. The molecule has 1 aliphatic rings. The summed E-state index contributed by atoms with van der Waals surface area (Å²) in [4.78, 5) is 28.5. The van der Waals surface area contributed by atoms with Gasteiger partial charge in [-0.15, -0.1) is 0 Å². The molecular weight excluding hydrogens is 330 g/mol. The zero-order chi connectivity index (χ0) is 18.2. The molecule has 3 rings (SSSR count). The van der Waals surface area contributed by atoms with E-state index in [4.69, 9.17) is 4.42 Å². The Balaban J connectivity index is 1.40. The monoisotopic (exact) mass is 355 g/mol. The Kier molecular flexibility index (Phi) is 6.44. The van der Waals surface area contributed by atoms with Gasteiger partial charge in [-0.3, -0.25) is 14.5 Å². The van der Waals surface area contributed by atoms with Crippen LogP contribution in [-0.2, 0) is 11.3 Å². The van der Waals surface area contributed by atoms with Crippen LogP contribution in [-0.4, -0.2) is 54.3 Å². The number of carbonyl (C=O) groups is 2. The third-order valence-corrected chi connectivity index (χ3v) is 4.56. The van der Waals surface area contributed by atoms with Crippen molar-refractivity contribution >= 4 is 11.8 Å². The molecule has 0 aliphatic carbocycles. The second-order valence-corrected chi connectivity index (χ2v) is 6.48. The highest BCUT2D eigenvalue weighted by atomic mass is 16.3. The van der Waals surface area contributed by atoms with Crippen LogP contribution in [0.5, 0.6) is 0 Å². The molecule has 2 aromatic rings. The Hall–Kier alpha value is -2.60. The summed E-state index contributed by atoms with van der Waals surface area (Å²) < 4.78 is 5.03. The summed E-state index contributed by atoms with van der Waals surface area (Å²) in [5.74, 6) is 0.0720. The van der Waals surface area contributed by atoms with Crippen LogP contribution in [0.25, 0.3) is 0 Å². The van der Waals surface area contributed by atoms with E-state index in [1.54, 1.807) is 12.1 Å². The van der Waals surface area contributed by atoms with Gasteiger partial charge in [0.25, 0.3) is 5.91 Å². The highest BCUT2D eigenvalue weighted by molar-refractivity contribution is 5.91. The highest BCUT2D eigenvalue weighted by Crippen LogP contribution is 2.10. The van der Waals surface area contributed by atoms with Gasteiger partial charge in [-0.25, -0.2) is 0 Å². The van der Waals surface area contributed by atoms with Gasteiger partial charge in [0, 0.05) is 45.7 Å². The van der Waals surface area contributed by atoms with Crippen molar-refractivity contribution in [3.05, 3.63) is 60.1 Å². The van der Waals surface area contributed by atoms with Crippen LogP contribution in [0.4, 0.5) is 0 Å². The van der Waals surface area contributed by atoms with Gasteiger partial charge >= 0.3 is 0 Å². The molecule has 138 valence electrons. The number of benzene rings is 1. The Morgan fingerprint density at radius 3 is 2.62 bits per heavy atom. The van der Waals surface area contributed by atoms with E-state index in [-0.39, 0.29) is 17.6 Å². The number of nitrogens with one attached hydrogen (secondary N) is 1. The molecule has 0 spiro atoms. The predicted molar refractivity (Wildman–Crippen MR) is 98.6 cm³/mol. The first-order valence-electron chi connectivity index (χ1n) is 9.08. The summed E-state index contributed by atoms with van der Waals surface area (Å²) in [5.41, 5.74) is 1.30. The van der Waals surface area contributed by atoms with Crippen molar-refractivity contribution in [1.82, 2.24) is 15.1 Å². The van der Waals surface area contributed by atoms with Gasteiger partial charge in [0.05, 0.1) is 6.26 Å². The molecule has 6 heteroatoms. The number of amides is 2. The maximum absolute atomic E-state index is 12.4. The Labute approximate surface area is 153 Å². The van der Waals surface area contributed by atoms with Crippen LogP contribution in [0.3, 0.4) is 0 Å². The van der Waals surface area contributed by atoms with E-state index in [1.165, 1.54) is 11.8 Å². The average molecular weight is 355 g/mol. The molecule has 0 radical (unpaired) electrons. The van der Waals surface area contributed by atoms with E-state index in [0.29, 0.717) is 13.0 Å². The number of rotatable bonds is 6. The van der Waals surface area contributed by atoms with Gasteiger partial charge in [-0.2, -0.15) is 0 Å². The first kappa shape index (κ1) is 18.2. The fourth-order valence-electron chi connectivity index (χ4n) is 3.16. The minimum atomic E-state index is -0.285. The second-order valence-electron chi connectivity index (χ2n) is 6.48. The second kappa shape index (κ2) is 9.20. The van der Waals surface area contributed by atoms with Crippen LogP contribution >= 0.6 is 0 Å². The van der Waals surface area contributed by atoms with Crippen molar-refractivity contribution in [3.63, 3.8) is 0 Å². The molecule has 0 bridgehead atoms. The first-order chi connectivity index (χ1) is 12.7. The normalized spacial score (nSPS) is 15.5. The summed E-state index contributed by atoms with van der Waals surface area (Å²) in [6.07, 6.45) is 2.74. The minimum absolute atomic E-state index is 0.0892. The zero-order valence-electron chi connectivity index (χ0n) is 14.9. The van der Waals surface area contributed by atoms with Crippen LogP contribution in [0.1, 0.15) is 29.0 Å². The van der Waals surface area contributed by atoms with Crippen molar-refractivity contribution in [2.24, 2.45) is 0 Å². The summed E-state index contributed by atoms with van der Waals surface area (Å²) >= 11 is 0. The van der Waals surface area contributed by atoms with Crippen molar-refractivity contribution in [2.45, 2.75) is 19.4 Å². The third-order valence-electron chi connectivity index (χ3n) is 4.56. The standard InChI is InChI=1S/C20H25N3O3/c24-19(9-10-21-20(25)18-8-4-15-26-18)23-12-5-11-22(13-14-23)16-17-6-2-1-3-7-17/h1-4,6-8,15H,5,9-14,16H2,(H,21,25). The minimum Gasteiger partial charge on any atom is -0.459 e. The first-order valence-corrected chi connectivity index (χ1v) is 9.08. The lowest BCUT2D eigenvalue weighted by molar-refractivity contribution is -0.130. The molecule has 2 amide bonds. The van der Waals surface area contributed by atoms with E-state index in [1.807, 2.05) is 11.0 Å². The molecule has 26 heavy (non-hydrogen) atoms. The number of hydrogen-bond acceptors (Lipinski definition) is 4. The van der Waals surface area contributed by atoms with Crippen LogP contribution < -0.4 is 5.32 Å².